The SMILES string of the molecule is Nc1nc(Cl)c2ncn(/C=C3/C[C@@H]3[C@H](O)CO)c2n1. The summed E-state index contributed by atoms with van der Waals surface area (Å²) in [6.07, 6.45) is 3.42. The van der Waals surface area contributed by atoms with Gasteiger partial charge in [0.1, 0.15) is 11.8 Å². The van der Waals surface area contributed by atoms with Crippen LogP contribution in [0, 0.1) is 5.92 Å². The molecule has 3 rings (SSSR count). The molecule has 1 saturated carbocycles. The molecule has 4 N–H and O–H groups in total. The highest BCUT2D eigenvalue weighted by Crippen LogP contribution is 2.41. The van der Waals surface area contributed by atoms with Gasteiger partial charge in [-0.05, 0) is 12.0 Å². The Hall–Kier alpha value is -1.70. The van der Waals surface area contributed by atoms with Crippen LogP contribution >= 0.6 is 11.6 Å². The van der Waals surface area contributed by atoms with Crippen molar-refractivity contribution in [2.45, 2.75) is 12.5 Å². The Labute approximate surface area is 113 Å². The van der Waals surface area contributed by atoms with E-state index >= 15 is 0 Å². The maximum Gasteiger partial charge on any atom is 0.223 e. The fourth-order valence-electron chi connectivity index (χ4n) is 2.02. The van der Waals surface area contributed by atoms with Gasteiger partial charge in [-0.15, -0.1) is 0 Å². The first-order valence-corrected chi connectivity index (χ1v) is 6.13. The number of fused-ring (bicyclic) bond motifs is 1. The maximum atomic E-state index is 9.52. The highest BCUT2D eigenvalue weighted by atomic mass is 35.5. The van der Waals surface area contributed by atoms with Crippen molar-refractivity contribution in [3.8, 4) is 0 Å². The topological polar surface area (TPSA) is 110 Å². The maximum absolute atomic E-state index is 9.52. The molecular weight excluding hydrogens is 270 g/mol. The van der Waals surface area contributed by atoms with Crippen molar-refractivity contribution < 1.29 is 10.2 Å². The Morgan fingerprint density at radius 2 is 2.37 bits per heavy atom. The summed E-state index contributed by atoms with van der Waals surface area (Å²) in [7, 11) is 0. The molecule has 1 aliphatic rings. The largest absolute Gasteiger partial charge is 0.394 e. The average Bonchev–Trinajstić information content (AvgIpc) is 3.02. The van der Waals surface area contributed by atoms with E-state index in [0.717, 1.165) is 12.0 Å². The molecule has 0 aromatic carbocycles. The molecular formula is C11H12ClN5O2. The fourth-order valence-corrected chi connectivity index (χ4v) is 2.24. The second kappa shape index (κ2) is 4.44. The van der Waals surface area contributed by atoms with E-state index in [-0.39, 0.29) is 23.6 Å². The van der Waals surface area contributed by atoms with Crippen LogP contribution < -0.4 is 5.73 Å². The van der Waals surface area contributed by atoms with Crippen LogP contribution in [0.3, 0.4) is 0 Å². The Morgan fingerprint density at radius 1 is 1.58 bits per heavy atom. The average molecular weight is 282 g/mol. The van der Waals surface area contributed by atoms with Crippen LogP contribution in [0.1, 0.15) is 6.42 Å². The number of nitrogens with two attached hydrogens (primary N) is 1. The van der Waals surface area contributed by atoms with E-state index in [2.05, 4.69) is 15.0 Å². The lowest BCUT2D eigenvalue weighted by Gasteiger charge is -2.02. The van der Waals surface area contributed by atoms with Crippen molar-refractivity contribution in [2.75, 3.05) is 12.3 Å². The van der Waals surface area contributed by atoms with Crippen LogP contribution in [0.5, 0.6) is 0 Å². The van der Waals surface area contributed by atoms with Crippen LogP contribution in [-0.2, 0) is 0 Å². The molecule has 0 bridgehead atoms. The number of aliphatic hydroxyl groups excluding tert-OH is 2. The van der Waals surface area contributed by atoms with Crippen molar-refractivity contribution in [1.29, 1.82) is 0 Å². The van der Waals surface area contributed by atoms with E-state index in [1.807, 2.05) is 6.20 Å². The highest BCUT2D eigenvalue weighted by molar-refractivity contribution is 6.33. The summed E-state index contributed by atoms with van der Waals surface area (Å²) in [5.41, 5.74) is 7.58. The number of rotatable bonds is 3. The predicted molar refractivity (Wildman–Crippen MR) is 70.2 cm³/mol. The van der Waals surface area contributed by atoms with Gasteiger partial charge in [0.25, 0.3) is 0 Å². The molecule has 0 amide bonds. The molecule has 1 aliphatic carbocycles. The van der Waals surface area contributed by atoms with Gasteiger partial charge in [0.05, 0.1) is 12.7 Å². The minimum absolute atomic E-state index is 0.00268. The molecule has 0 aliphatic heterocycles. The van der Waals surface area contributed by atoms with Crippen molar-refractivity contribution >= 4 is 34.9 Å². The summed E-state index contributed by atoms with van der Waals surface area (Å²) in [6.45, 7) is -0.242. The molecule has 2 atom stereocenters. The summed E-state index contributed by atoms with van der Waals surface area (Å²) >= 11 is 5.93. The second-order valence-corrected chi connectivity index (χ2v) is 4.82. The van der Waals surface area contributed by atoms with Crippen LogP contribution in [0.4, 0.5) is 5.95 Å². The molecule has 0 spiro atoms. The number of aliphatic hydroxyl groups is 2. The summed E-state index contributed by atoms with van der Waals surface area (Å²) in [6, 6.07) is 0. The quantitative estimate of drug-likeness (QED) is 0.697. The van der Waals surface area contributed by atoms with E-state index in [1.54, 1.807) is 10.9 Å². The zero-order chi connectivity index (χ0) is 13.6. The van der Waals surface area contributed by atoms with Gasteiger partial charge in [-0.1, -0.05) is 11.6 Å². The summed E-state index contributed by atoms with van der Waals surface area (Å²) in [4.78, 5) is 12.0. The number of hydrogen-bond donors (Lipinski definition) is 3. The van der Waals surface area contributed by atoms with Gasteiger partial charge in [-0.3, -0.25) is 4.57 Å². The number of halogens is 1. The third kappa shape index (κ3) is 2.16. The second-order valence-electron chi connectivity index (χ2n) is 4.46. The molecule has 8 heteroatoms. The van der Waals surface area contributed by atoms with Crippen LogP contribution in [0.15, 0.2) is 11.9 Å². The molecule has 2 heterocycles. The zero-order valence-corrected chi connectivity index (χ0v) is 10.6. The lowest BCUT2D eigenvalue weighted by atomic mass is 10.2. The molecule has 7 nitrogen and oxygen atoms in total. The number of nitrogens with zero attached hydrogens (tertiary/aromatic N) is 4. The number of anilines is 1. The minimum Gasteiger partial charge on any atom is -0.394 e. The molecule has 0 radical (unpaired) electrons. The first-order valence-electron chi connectivity index (χ1n) is 5.75. The standard InChI is InChI=1S/C11H12ClN5O2/c12-9-8-10(16-11(13)15-9)17(4-14-8)2-5-1-6(5)7(19)3-18/h2,4,6-7,18-19H,1,3H2,(H2,13,15,16)/b5-2-/t6-,7+/m0/s1. The first kappa shape index (κ1) is 12.3. The van der Waals surface area contributed by atoms with E-state index in [0.29, 0.717) is 11.2 Å². The highest BCUT2D eigenvalue weighted by Gasteiger charge is 2.36. The predicted octanol–water partition coefficient (Wildman–Crippen LogP) is 0.276. The van der Waals surface area contributed by atoms with Crippen molar-refractivity contribution in [3.05, 3.63) is 17.1 Å². The van der Waals surface area contributed by atoms with Gasteiger partial charge < -0.3 is 15.9 Å². The first-order chi connectivity index (χ1) is 9.10. The normalized spacial score (nSPS) is 22.1. The monoisotopic (exact) mass is 281 g/mol. The molecule has 0 saturated heterocycles. The molecule has 0 unspecified atom stereocenters. The number of imidazole rings is 1. The Kier molecular flexibility index (Phi) is 2.89. The molecule has 100 valence electrons. The van der Waals surface area contributed by atoms with Crippen LogP contribution in [0.25, 0.3) is 17.4 Å². The molecule has 2 aromatic heterocycles. The Morgan fingerprint density at radius 3 is 3.11 bits per heavy atom. The third-order valence-electron chi connectivity index (χ3n) is 3.12. The molecule has 2 aromatic rings. The van der Waals surface area contributed by atoms with Crippen LogP contribution in [0.2, 0.25) is 5.15 Å². The van der Waals surface area contributed by atoms with Crippen molar-refractivity contribution in [1.82, 2.24) is 19.5 Å². The lowest BCUT2D eigenvalue weighted by molar-refractivity contribution is 0.0815. The Balaban J connectivity index is 1.97. The lowest BCUT2D eigenvalue weighted by Crippen LogP contribution is -2.14. The summed E-state index contributed by atoms with van der Waals surface area (Å²) < 4.78 is 1.69. The summed E-state index contributed by atoms with van der Waals surface area (Å²) in [5, 5.41) is 18.6. The van der Waals surface area contributed by atoms with E-state index in [1.165, 1.54) is 0 Å². The number of aromatic nitrogens is 4. The van der Waals surface area contributed by atoms with Gasteiger partial charge in [-0.2, -0.15) is 9.97 Å². The van der Waals surface area contributed by atoms with E-state index in [9.17, 15) is 5.11 Å². The number of hydrogen-bond acceptors (Lipinski definition) is 6. The zero-order valence-electron chi connectivity index (χ0n) is 9.86. The third-order valence-corrected chi connectivity index (χ3v) is 3.39. The molecule has 1 fully saturated rings. The van der Waals surface area contributed by atoms with Gasteiger partial charge in [0.2, 0.25) is 5.95 Å². The van der Waals surface area contributed by atoms with E-state index < -0.39 is 6.10 Å². The molecule has 19 heavy (non-hydrogen) atoms. The minimum atomic E-state index is -0.718. The van der Waals surface area contributed by atoms with Crippen molar-refractivity contribution in [2.24, 2.45) is 5.92 Å². The van der Waals surface area contributed by atoms with Crippen molar-refractivity contribution in [3.63, 3.8) is 0 Å². The van der Waals surface area contributed by atoms with Crippen LogP contribution in [-0.4, -0.2) is 42.4 Å². The fraction of sp³-hybridized carbons (Fsp3) is 0.364. The van der Waals surface area contributed by atoms with Gasteiger partial charge in [-0.25, -0.2) is 4.98 Å². The summed E-state index contributed by atoms with van der Waals surface area (Å²) in [5.74, 6) is 0.0810. The van der Waals surface area contributed by atoms with Gasteiger partial charge in [0.15, 0.2) is 10.8 Å². The number of nitrogen functional groups attached to an aromatic ring is 1. The Bertz CT molecular complexity index is 668. The smallest absolute Gasteiger partial charge is 0.223 e. The van der Waals surface area contributed by atoms with Gasteiger partial charge >= 0.3 is 0 Å². The van der Waals surface area contributed by atoms with E-state index in [4.69, 9.17) is 22.4 Å². The van der Waals surface area contributed by atoms with Gasteiger partial charge in [0, 0.05) is 12.1 Å².